The number of hydrogen-bond acceptors (Lipinski definition) is 4. The van der Waals surface area contributed by atoms with E-state index in [1.807, 2.05) is 32.2 Å². The highest BCUT2D eigenvalue weighted by Crippen LogP contribution is 2.35. The van der Waals surface area contributed by atoms with E-state index in [1.165, 1.54) is 5.56 Å². The maximum Gasteiger partial charge on any atom is 0.191 e. The van der Waals surface area contributed by atoms with E-state index in [1.54, 1.807) is 7.05 Å². The Morgan fingerprint density at radius 3 is 2.83 bits per heavy atom. The van der Waals surface area contributed by atoms with E-state index < -0.39 is 0 Å². The molecular formula is C23H29N5O2. The van der Waals surface area contributed by atoms with Crippen molar-refractivity contribution in [1.29, 1.82) is 0 Å². The number of guanidine groups is 1. The van der Waals surface area contributed by atoms with E-state index in [9.17, 15) is 0 Å². The van der Waals surface area contributed by atoms with Crippen LogP contribution < -0.4 is 20.1 Å². The van der Waals surface area contributed by atoms with Crippen LogP contribution in [0.15, 0.2) is 41.4 Å². The van der Waals surface area contributed by atoms with Gasteiger partial charge in [-0.3, -0.25) is 4.99 Å². The second-order valence-electron chi connectivity index (χ2n) is 7.49. The molecule has 0 saturated carbocycles. The topological polar surface area (TPSA) is 72.7 Å². The number of rotatable bonds is 6. The minimum Gasteiger partial charge on any atom is -0.494 e. The molecule has 1 aliphatic rings. The normalized spacial score (nSPS) is 15.7. The van der Waals surface area contributed by atoms with Crippen LogP contribution >= 0.6 is 0 Å². The second kappa shape index (κ2) is 8.65. The van der Waals surface area contributed by atoms with E-state index >= 15 is 0 Å². The lowest BCUT2D eigenvalue weighted by Crippen LogP contribution is -2.37. The molecule has 2 aromatic carbocycles. The molecule has 7 nitrogen and oxygen atoms in total. The van der Waals surface area contributed by atoms with Crippen LogP contribution in [0.4, 0.5) is 0 Å². The number of imidazole rings is 1. The Morgan fingerprint density at radius 1 is 1.27 bits per heavy atom. The fourth-order valence-electron chi connectivity index (χ4n) is 3.83. The molecule has 2 N–H and O–H groups in total. The molecule has 1 atom stereocenters. The number of hydrogen-bond donors (Lipinski definition) is 2. The molecule has 0 aliphatic carbocycles. The number of fused-ring (bicyclic) bond motifs is 2. The van der Waals surface area contributed by atoms with Crippen LogP contribution in [0.2, 0.25) is 0 Å². The maximum atomic E-state index is 5.92. The zero-order chi connectivity index (χ0) is 21.1. The van der Waals surface area contributed by atoms with Gasteiger partial charge >= 0.3 is 0 Å². The molecule has 0 fully saturated rings. The molecule has 4 rings (SSSR count). The van der Waals surface area contributed by atoms with Crippen molar-refractivity contribution < 1.29 is 9.47 Å². The smallest absolute Gasteiger partial charge is 0.191 e. The Hall–Kier alpha value is -3.22. The number of aliphatic imine (C=N–C) groups is 1. The van der Waals surface area contributed by atoms with Gasteiger partial charge in [-0.15, -0.1) is 0 Å². The van der Waals surface area contributed by atoms with Crippen molar-refractivity contribution in [3.8, 4) is 11.5 Å². The van der Waals surface area contributed by atoms with Gasteiger partial charge in [-0.05, 0) is 38.1 Å². The third kappa shape index (κ3) is 4.06. The predicted octanol–water partition coefficient (Wildman–Crippen LogP) is 3.16. The van der Waals surface area contributed by atoms with Crippen molar-refractivity contribution in [3.05, 3.63) is 53.3 Å². The van der Waals surface area contributed by atoms with Crippen LogP contribution in [0.25, 0.3) is 11.0 Å². The molecule has 0 radical (unpaired) electrons. The van der Waals surface area contributed by atoms with Crippen molar-refractivity contribution in [2.45, 2.75) is 39.5 Å². The molecule has 3 aromatic rings. The summed E-state index contributed by atoms with van der Waals surface area (Å²) in [4.78, 5) is 9.05. The van der Waals surface area contributed by atoms with E-state index in [2.05, 4.69) is 45.3 Å². The number of ether oxygens (including phenoxy) is 2. The quantitative estimate of drug-likeness (QED) is 0.485. The predicted molar refractivity (Wildman–Crippen MR) is 119 cm³/mol. The van der Waals surface area contributed by atoms with E-state index in [0.29, 0.717) is 25.7 Å². The van der Waals surface area contributed by atoms with Crippen molar-refractivity contribution >= 4 is 17.0 Å². The number of aryl methyl sites for hydroxylation is 1. The molecule has 0 bridgehead atoms. The first-order valence-electron chi connectivity index (χ1n) is 10.4. The summed E-state index contributed by atoms with van der Waals surface area (Å²) >= 11 is 0. The zero-order valence-corrected chi connectivity index (χ0v) is 18.0. The second-order valence-corrected chi connectivity index (χ2v) is 7.49. The third-order valence-corrected chi connectivity index (χ3v) is 5.34. The molecule has 0 amide bonds. The molecule has 0 saturated heterocycles. The molecule has 1 aromatic heterocycles. The summed E-state index contributed by atoms with van der Waals surface area (Å²) in [6.45, 7) is 5.88. The first-order chi connectivity index (χ1) is 14.6. The largest absolute Gasteiger partial charge is 0.494 e. The monoisotopic (exact) mass is 407 g/mol. The van der Waals surface area contributed by atoms with E-state index in [-0.39, 0.29) is 6.10 Å². The maximum absolute atomic E-state index is 5.92. The van der Waals surface area contributed by atoms with Gasteiger partial charge in [0.05, 0.1) is 24.2 Å². The number of nitrogens with zero attached hydrogens (tertiary/aromatic N) is 3. The summed E-state index contributed by atoms with van der Waals surface area (Å²) in [5, 5.41) is 6.73. The molecule has 0 spiro atoms. The van der Waals surface area contributed by atoms with Crippen molar-refractivity contribution in [2.75, 3.05) is 13.7 Å². The summed E-state index contributed by atoms with van der Waals surface area (Å²) in [6.07, 6.45) is 1.13. The molecule has 2 heterocycles. The van der Waals surface area contributed by atoms with Crippen LogP contribution in [0.1, 0.15) is 30.8 Å². The van der Waals surface area contributed by atoms with Crippen LogP contribution in [-0.2, 0) is 26.6 Å². The molecule has 30 heavy (non-hydrogen) atoms. The van der Waals surface area contributed by atoms with Gasteiger partial charge < -0.3 is 24.7 Å². The van der Waals surface area contributed by atoms with Gasteiger partial charge in [-0.2, -0.15) is 0 Å². The summed E-state index contributed by atoms with van der Waals surface area (Å²) in [6, 6.07) is 12.3. The standard InChI is InChI=1S/C23H29N5O2/c1-5-29-20-11-16-10-15(2)30-21(16)12-17(20)13-25-23(24-3)26-14-22-27-18-8-6-7-9-19(18)28(22)4/h6-9,11-12,15H,5,10,13-14H2,1-4H3,(H2,24,25,26). The molecular weight excluding hydrogens is 378 g/mol. The Bertz CT molecular complexity index is 1070. The van der Waals surface area contributed by atoms with E-state index in [0.717, 1.165) is 40.3 Å². The minimum absolute atomic E-state index is 0.209. The average Bonchev–Trinajstić information content (AvgIpc) is 3.27. The van der Waals surface area contributed by atoms with Gasteiger partial charge in [0.1, 0.15) is 23.4 Å². The highest BCUT2D eigenvalue weighted by molar-refractivity contribution is 5.80. The van der Waals surface area contributed by atoms with Gasteiger partial charge in [0.25, 0.3) is 0 Å². The lowest BCUT2D eigenvalue weighted by atomic mass is 10.1. The third-order valence-electron chi connectivity index (χ3n) is 5.34. The fraction of sp³-hybridized carbons (Fsp3) is 0.391. The number of nitrogens with one attached hydrogen (secondary N) is 2. The van der Waals surface area contributed by atoms with E-state index in [4.69, 9.17) is 14.5 Å². The number of para-hydroxylation sites is 2. The lowest BCUT2D eigenvalue weighted by molar-refractivity contribution is 0.254. The first kappa shape index (κ1) is 20.1. The van der Waals surface area contributed by atoms with Gasteiger partial charge in [0.15, 0.2) is 5.96 Å². The number of aromatic nitrogens is 2. The van der Waals surface area contributed by atoms with Crippen LogP contribution in [0, 0.1) is 0 Å². The van der Waals surface area contributed by atoms with Crippen molar-refractivity contribution in [3.63, 3.8) is 0 Å². The Kier molecular flexibility index (Phi) is 5.79. The summed E-state index contributed by atoms with van der Waals surface area (Å²) in [5.41, 5.74) is 4.37. The Morgan fingerprint density at radius 2 is 2.07 bits per heavy atom. The summed E-state index contributed by atoms with van der Waals surface area (Å²) in [5.74, 6) is 3.51. The minimum atomic E-state index is 0.209. The first-order valence-corrected chi connectivity index (χ1v) is 10.4. The fourth-order valence-corrected chi connectivity index (χ4v) is 3.83. The Balaban J connectivity index is 1.43. The summed E-state index contributed by atoms with van der Waals surface area (Å²) < 4.78 is 13.9. The number of benzene rings is 2. The van der Waals surface area contributed by atoms with Gasteiger partial charge in [0.2, 0.25) is 0 Å². The molecule has 7 heteroatoms. The van der Waals surface area contributed by atoms with Crippen molar-refractivity contribution in [1.82, 2.24) is 20.2 Å². The zero-order valence-electron chi connectivity index (χ0n) is 18.0. The molecule has 1 aliphatic heterocycles. The molecule has 158 valence electrons. The van der Waals surface area contributed by atoms with Gasteiger partial charge in [-0.1, -0.05) is 12.1 Å². The SMILES string of the molecule is CCOc1cc2c(cc1CNC(=NC)NCc1nc3ccccc3n1C)OC(C)C2. The van der Waals surface area contributed by atoms with Gasteiger partial charge in [0, 0.05) is 38.2 Å². The lowest BCUT2D eigenvalue weighted by Gasteiger charge is -2.15. The van der Waals surface area contributed by atoms with Crippen LogP contribution in [-0.4, -0.2) is 35.3 Å². The average molecular weight is 408 g/mol. The van der Waals surface area contributed by atoms with Crippen LogP contribution in [0.3, 0.4) is 0 Å². The van der Waals surface area contributed by atoms with Gasteiger partial charge in [-0.25, -0.2) is 4.98 Å². The summed E-state index contributed by atoms with van der Waals surface area (Å²) in [7, 11) is 3.80. The Labute approximate surface area is 177 Å². The highest BCUT2D eigenvalue weighted by atomic mass is 16.5. The molecule has 1 unspecified atom stereocenters. The van der Waals surface area contributed by atoms with Crippen LogP contribution in [0.5, 0.6) is 11.5 Å². The van der Waals surface area contributed by atoms with Crippen molar-refractivity contribution in [2.24, 2.45) is 12.0 Å². The highest BCUT2D eigenvalue weighted by Gasteiger charge is 2.22.